The van der Waals surface area contributed by atoms with Gasteiger partial charge in [0.25, 0.3) is 0 Å². The van der Waals surface area contributed by atoms with E-state index in [1.807, 2.05) is 30.0 Å². The van der Waals surface area contributed by atoms with Crippen molar-refractivity contribution >= 4 is 44.1 Å². The van der Waals surface area contributed by atoms with Gasteiger partial charge in [0.05, 0.1) is 10.2 Å². The summed E-state index contributed by atoms with van der Waals surface area (Å²) in [4.78, 5) is 4.63. The first-order valence-corrected chi connectivity index (χ1v) is 8.80. The van der Waals surface area contributed by atoms with Crippen LogP contribution in [0.3, 0.4) is 0 Å². The molecular weight excluding hydrogens is 274 g/mol. The Morgan fingerprint density at radius 1 is 1.32 bits per heavy atom. The molecule has 5 heteroatoms. The van der Waals surface area contributed by atoms with Crippen molar-refractivity contribution in [2.45, 2.75) is 37.0 Å². The fraction of sp³-hybridized carbons (Fsp3) is 0.500. The normalized spacial score (nSPS) is 23.6. The van der Waals surface area contributed by atoms with Gasteiger partial charge in [0.2, 0.25) is 0 Å². The molecule has 1 aliphatic rings. The minimum Gasteiger partial charge on any atom is -0.399 e. The monoisotopic (exact) mass is 293 g/mol. The van der Waals surface area contributed by atoms with Crippen LogP contribution in [-0.2, 0) is 0 Å². The molecule has 1 aromatic heterocycles. The predicted octanol–water partition coefficient (Wildman–Crippen LogP) is 3.96. The van der Waals surface area contributed by atoms with Crippen LogP contribution in [0, 0.1) is 0 Å². The van der Waals surface area contributed by atoms with E-state index >= 15 is 0 Å². The summed E-state index contributed by atoms with van der Waals surface area (Å²) < 4.78 is 1.17. The summed E-state index contributed by atoms with van der Waals surface area (Å²) in [5.74, 6) is 0. The maximum atomic E-state index is 5.80. The highest BCUT2D eigenvalue weighted by atomic mass is 32.2. The van der Waals surface area contributed by atoms with E-state index in [-0.39, 0.29) is 0 Å². The Hall–Kier alpha value is -0.940. The lowest BCUT2D eigenvalue weighted by molar-refractivity contribution is 0.473. The third kappa shape index (κ3) is 2.98. The quantitative estimate of drug-likeness (QED) is 0.841. The van der Waals surface area contributed by atoms with E-state index in [0.717, 1.165) is 21.6 Å². The largest absolute Gasteiger partial charge is 0.399 e. The van der Waals surface area contributed by atoms with E-state index in [9.17, 15) is 0 Å². The number of nitrogens with one attached hydrogen (secondary N) is 1. The number of rotatable bonds is 3. The second-order valence-electron chi connectivity index (χ2n) is 5.10. The highest BCUT2D eigenvalue weighted by molar-refractivity contribution is 7.99. The number of thiazole rings is 1. The molecule has 3 nitrogen and oxygen atoms in total. The molecule has 0 amide bonds. The summed E-state index contributed by atoms with van der Waals surface area (Å²) in [6.45, 7) is 0. The van der Waals surface area contributed by atoms with Crippen LogP contribution in [0.15, 0.2) is 18.2 Å². The van der Waals surface area contributed by atoms with Crippen molar-refractivity contribution < 1.29 is 0 Å². The van der Waals surface area contributed by atoms with Gasteiger partial charge in [-0.3, -0.25) is 0 Å². The lowest BCUT2D eigenvalue weighted by atomic mass is 9.95. The van der Waals surface area contributed by atoms with Gasteiger partial charge < -0.3 is 11.1 Å². The summed E-state index contributed by atoms with van der Waals surface area (Å²) in [5, 5.41) is 5.48. The molecule has 1 heterocycles. The summed E-state index contributed by atoms with van der Waals surface area (Å²) in [6, 6.07) is 6.50. The summed E-state index contributed by atoms with van der Waals surface area (Å²) in [7, 11) is 0. The molecular formula is C14H19N3S2. The van der Waals surface area contributed by atoms with Crippen molar-refractivity contribution in [1.29, 1.82) is 0 Å². The third-order valence-electron chi connectivity index (χ3n) is 3.75. The van der Waals surface area contributed by atoms with Crippen LogP contribution in [0.25, 0.3) is 10.2 Å². The zero-order valence-corrected chi connectivity index (χ0v) is 12.7. The molecule has 0 unspecified atom stereocenters. The predicted molar refractivity (Wildman–Crippen MR) is 87.2 cm³/mol. The van der Waals surface area contributed by atoms with Crippen molar-refractivity contribution in [2.75, 3.05) is 17.3 Å². The Bertz CT molecular complexity index is 559. The van der Waals surface area contributed by atoms with Gasteiger partial charge in [0.1, 0.15) is 0 Å². The van der Waals surface area contributed by atoms with Gasteiger partial charge in [0.15, 0.2) is 5.13 Å². The molecule has 0 saturated heterocycles. The topological polar surface area (TPSA) is 50.9 Å². The van der Waals surface area contributed by atoms with Crippen LogP contribution in [0.1, 0.15) is 25.7 Å². The smallest absolute Gasteiger partial charge is 0.184 e. The number of benzene rings is 1. The molecule has 1 aliphatic carbocycles. The summed E-state index contributed by atoms with van der Waals surface area (Å²) in [5.41, 5.74) is 7.65. The maximum Gasteiger partial charge on any atom is 0.184 e. The second-order valence-corrected chi connectivity index (χ2v) is 7.27. The van der Waals surface area contributed by atoms with E-state index < -0.39 is 0 Å². The van der Waals surface area contributed by atoms with Crippen LogP contribution >= 0.6 is 23.1 Å². The van der Waals surface area contributed by atoms with Gasteiger partial charge in [-0.25, -0.2) is 4.98 Å². The molecule has 0 radical (unpaired) electrons. The van der Waals surface area contributed by atoms with Crippen molar-refractivity contribution in [3.8, 4) is 0 Å². The minimum absolute atomic E-state index is 0.585. The zero-order chi connectivity index (χ0) is 13.2. The minimum atomic E-state index is 0.585. The van der Waals surface area contributed by atoms with Crippen molar-refractivity contribution in [3.63, 3.8) is 0 Å². The number of hydrogen-bond donors (Lipinski definition) is 2. The Balaban J connectivity index is 1.68. The van der Waals surface area contributed by atoms with E-state index in [1.165, 1.54) is 30.4 Å². The molecule has 2 aromatic rings. The zero-order valence-electron chi connectivity index (χ0n) is 11.1. The van der Waals surface area contributed by atoms with E-state index in [0.29, 0.717) is 6.04 Å². The van der Waals surface area contributed by atoms with Crippen LogP contribution in [0.4, 0.5) is 10.8 Å². The van der Waals surface area contributed by atoms with Gasteiger partial charge in [0, 0.05) is 17.0 Å². The number of thioether (sulfide) groups is 1. The third-order valence-corrected chi connectivity index (χ3v) is 5.84. The van der Waals surface area contributed by atoms with Crippen molar-refractivity contribution in [2.24, 2.45) is 0 Å². The van der Waals surface area contributed by atoms with Gasteiger partial charge in [-0.1, -0.05) is 11.3 Å². The Morgan fingerprint density at radius 2 is 2.11 bits per heavy atom. The molecule has 19 heavy (non-hydrogen) atoms. The molecule has 3 N–H and O–H groups in total. The maximum absolute atomic E-state index is 5.80. The van der Waals surface area contributed by atoms with E-state index in [4.69, 9.17) is 5.73 Å². The first-order valence-electron chi connectivity index (χ1n) is 6.70. The van der Waals surface area contributed by atoms with Crippen LogP contribution in [0.5, 0.6) is 0 Å². The number of anilines is 2. The van der Waals surface area contributed by atoms with E-state index in [2.05, 4.69) is 16.6 Å². The number of hydrogen-bond acceptors (Lipinski definition) is 5. The molecule has 0 bridgehead atoms. The molecule has 0 atom stereocenters. The molecule has 1 saturated carbocycles. The number of nitrogens with zero attached hydrogens (tertiary/aromatic N) is 1. The molecule has 1 fully saturated rings. The Kier molecular flexibility index (Phi) is 3.84. The molecule has 0 aliphatic heterocycles. The van der Waals surface area contributed by atoms with Gasteiger partial charge in [-0.05, 0) is 50.1 Å². The molecule has 3 rings (SSSR count). The first kappa shape index (κ1) is 13.1. The lowest BCUT2D eigenvalue weighted by Gasteiger charge is -2.27. The van der Waals surface area contributed by atoms with Crippen molar-refractivity contribution in [3.05, 3.63) is 18.2 Å². The number of aromatic nitrogens is 1. The average Bonchev–Trinajstić information content (AvgIpc) is 2.81. The summed E-state index contributed by atoms with van der Waals surface area (Å²) in [6.07, 6.45) is 7.36. The summed E-state index contributed by atoms with van der Waals surface area (Å²) >= 11 is 3.71. The van der Waals surface area contributed by atoms with Gasteiger partial charge in [-0.15, -0.1) is 0 Å². The SMILES string of the molecule is CSC1CCC(Nc2nc3ccc(N)cc3s2)CC1. The Labute approximate surface area is 122 Å². The lowest BCUT2D eigenvalue weighted by Crippen LogP contribution is -2.26. The number of nitrogen functional groups attached to an aromatic ring is 1. The van der Waals surface area contributed by atoms with Gasteiger partial charge >= 0.3 is 0 Å². The average molecular weight is 293 g/mol. The standard InChI is InChI=1S/C14H19N3S2/c1-18-11-5-3-10(4-6-11)16-14-17-12-7-2-9(15)8-13(12)19-14/h2,7-8,10-11H,3-6,15H2,1H3,(H,16,17). The molecule has 102 valence electrons. The Morgan fingerprint density at radius 3 is 2.84 bits per heavy atom. The van der Waals surface area contributed by atoms with Crippen LogP contribution in [0.2, 0.25) is 0 Å². The fourth-order valence-electron chi connectivity index (χ4n) is 2.62. The fourth-order valence-corrected chi connectivity index (χ4v) is 4.36. The number of fused-ring (bicyclic) bond motifs is 1. The van der Waals surface area contributed by atoms with Crippen LogP contribution < -0.4 is 11.1 Å². The highest BCUT2D eigenvalue weighted by Gasteiger charge is 2.21. The number of nitrogens with two attached hydrogens (primary N) is 1. The van der Waals surface area contributed by atoms with E-state index in [1.54, 1.807) is 11.3 Å². The highest BCUT2D eigenvalue weighted by Crippen LogP contribution is 2.32. The van der Waals surface area contributed by atoms with Gasteiger partial charge in [-0.2, -0.15) is 11.8 Å². The van der Waals surface area contributed by atoms with Crippen molar-refractivity contribution in [1.82, 2.24) is 4.98 Å². The van der Waals surface area contributed by atoms with Crippen LogP contribution in [-0.4, -0.2) is 22.5 Å². The second kappa shape index (κ2) is 5.59. The molecule has 1 aromatic carbocycles. The first-order chi connectivity index (χ1) is 9.24. The molecule has 0 spiro atoms.